The standard InChI is InChI=1S/C14H10Cl2IN3O2/c1-21-8-5-9(22-2)12(16)10(11(8)15)7-4-3-6-13(17)19-20-14(6)18-7/h3-5H,1-2H3,(H,18,19,20). The van der Waals surface area contributed by atoms with Gasteiger partial charge < -0.3 is 9.47 Å². The molecule has 0 saturated carbocycles. The zero-order valence-electron chi connectivity index (χ0n) is 11.6. The lowest BCUT2D eigenvalue weighted by atomic mass is 10.1. The van der Waals surface area contributed by atoms with Gasteiger partial charge in [-0.05, 0) is 34.7 Å². The molecule has 0 unspecified atom stereocenters. The number of aromatic nitrogens is 3. The first kappa shape index (κ1) is 15.6. The predicted molar refractivity (Wildman–Crippen MR) is 95.2 cm³/mol. The first-order chi connectivity index (χ1) is 10.6. The fourth-order valence-corrected chi connectivity index (χ4v) is 3.35. The third-order valence-corrected chi connectivity index (χ3v) is 4.77. The zero-order valence-corrected chi connectivity index (χ0v) is 15.2. The molecular weight excluding hydrogens is 440 g/mol. The van der Waals surface area contributed by atoms with Gasteiger partial charge in [0.2, 0.25) is 0 Å². The van der Waals surface area contributed by atoms with E-state index in [-0.39, 0.29) is 0 Å². The predicted octanol–water partition coefficient (Wildman–Crippen LogP) is 4.55. The lowest BCUT2D eigenvalue weighted by Crippen LogP contribution is -1.94. The van der Waals surface area contributed by atoms with Crippen molar-refractivity contribution in [2.75, 3.05) is 14.2 Å². The minimum atomic E-state index is 0.380. The van der Waals surface area contributed by atoms with Crippen LogP contribution in [0.15, 0.2) is 18.2 Å². The molecule has 3 aromatic rings. The van der Waals surface area contributed by atoms with E-state index in [1.165, 1.54) is 14.2 Å². The Bertz CT molecular complexity index is 839. The van der Waals surface area contributed by atoms with E-state index < -0.39 is 0 Å². The first-order valence-electron chi connectivity index (χ1n) is 6.17. The molecule has 0 atom stereocenters. The third kappa shape index (κ3) is 2.49. The second kappa shape index (κ2) is 6.10. The van der Waals surface area contributed by atoms with Crippen molar-refractivity contribution < 1.29 is 9.47 Å². The van der Waals surface area contributed by atoms with Crippen LogP contribution in [0.25, 0.3) is 22.3 Å². The molecule has 1 N–H and O–H groups in total. The van der Waals surface area contributed by atoms with Crippen LogP contribution in [0.4, 0.5) is 0 Å². The Balaban J connectivity index is 2.28. The number of rotatable bonds is 3. The molecule has 0 aliphatic heterocycles. The Hall–Kier alpha value is -1.25. The number of nitrogens with zero attached hydrogens (tertiary/aromatic N) is 2. The molecule has 0 saturated heterocycles. The van der Waals surface area contributed by atoms with Gasteiger partial charge in [-0.1, -0.05) is 23.2 Å². The molecule has 2 aromatic heterocycles. The van der Waals surface area contributed by atoms with E-state index in [9.17, 15) is 0 Å². The molecule has 0 spiro atoms. The van der Waals surface area contributed by atoms with Crippen molar-refractivity contribution in [3.8, 4) is 22.8 Å². The molecular formula is C14H10Cl2IN3O2. The van der Waals surface area contributed by atoms with Crippen LogP contribution in [0.5, 0.6) is 11.5 Å². The Morgan fingerprint density at radius 1 is 1.09 bits per heavy atom. The number of pyridine rings is 1. The number of nitrogens with one attached hydrogen (secondary N) is 1. The normalized spacial score (nSPS) is 11.0. The van der Waals surface area contributed by atoms with Crippen LogP contribution in [-0.4, -0.2) is 29.4 Å². The number of benzene rings is 1. The van der Waals surface area contributed by atoms with Gasteiger partial charge in [-0.15, -0.1) is 0 Å². The van der Waals surface area contributed by atoms with E-state index in [4.69, 9.17) is 32.7 Å². The molecule has 2 heterocycles. The van der Waals surface area contributed by atoms with E-state index in [2.05, 4.69) is 37.8 Å². The number of halogens is 3. The van der Waals surface area contributed by atoms with Crippen molar-refractivity contribution in [2.45, 2.75) is 0 Å². The van der Waals surface area contributed by atoms with E-state index in [0.29, 0.717) is 38.4 Å². The van der Waals surface area contributed by atoms with Crippen molar-refractivity contribution in [3.63, 3.8) is 0 Å². The fraction of sp³-hybridized carbons (Fsp3) is 0.143. The monoisotopic (exact) mass is 449 g/mol. The topological polar surface area (TPSA) is 60.0 Å². The Labute approximate surface area is 150 Å². The third-order valence-electron chi connectivity index (χ3n) is 3.20. The number of ether oxygens (including phenoxy) is 2. The highest BCUT2D eigenvalue weighted by molar-refractivity contribution is 14.1. The molecule has 1 aromatic carbocycles. The Morgan fingerprint density at radius 2 is 1.73 bits per heavy atom. The van der Waals surface area contributed by atoms with E-state index >= 15 is 0 Å². The van der Waals surface area contributed by atoms with Crippen LogP contribution in [0, 0.1) is 3.70 Å². The minimum absolute atomic E-state index is 0.380. The van der Waals surface area contributed by atoms with Gasteiger partial charge in [0.1, 0.15) is 15.2 Å². The Kier molecular flexibility index (Phi) is 4.33. The summed E-state index contributed by atoms with van der Waals surface area (Å²) in [6, 6.07) is 5.40. The minimum Gasteiger partial charge on any atom is -0.495 e. The summed E-state index contributed by atoms with van der Waals surface area (Å²) in [6.07, 6.45) is 0. The lowest BCUT2D eigenvalue weighted by molar-refractivity contribution is 0.395. The molecule has 0 fully saturated rings. The van der Waals surface area contributed by atoms with Gasteiger partial charge in [-0.3, -0.25) is 5.10 Å². The molecule has 8 heteroatoms. The van der Waals surface area contributed by atoms with Gasteiger partial charge in [0.15, 0.2) is 5.65 Å². The van der Waals surface area contributed by atoms with Crippen molar-refractivity contribution in [2.24, 2.45) is 0 Å². The number of hydrogen-bond acceptors (Lipinski definition) is 4. The molecule has 0 amide bonds. The number of fused-ring (bicyclic) bond motifs is 1. The molecule has 3 rings (SSSR count). The highest BCUT2D eigenvalue weighted by Gasteiger charge is 2.20. The summed E-state index contributed by atoms with van der Waals surface area (Å²) < 4.78 is 11.5. The Morgan fingerprint density at radius 3 is 2.32 bits per heavy atom. The van der Waals surface area contributed by atoms with Gasteiger partial charge in [0, 0.05) is 11.6 Å². The SMILES string of the molecule is COc1cc(OC)c(Cl)c(-c2ccc3c(I)[nH]nc3n2)c1Cl. The quantitative estimate of drug-likeness (QED) is 0.595. The summed E-state index contributed by atoms with van der Waals surface area (Å²) in [5.74, 6) is 0.938. The molecule has 22 heavy (non-hydrogen) atoms. The van der Waals surface area contributed by atoms with Gasteiger partial charge in [0.05, 0.1) is 35.3 Å². The second-order valence-electron chi connectivity index (χ2n) is 4.39. The number of hydrogen-bond donors (Lipinski definition) is 1. The van der Waals surface area contributed by atoms with Crippen molar-refractivity contribution >= 4 is 56.8 Å². The van der Waals surface area contributed by atoms with Crippen LogP contribution >= 0.6 is 45.8 Å². The molecule has 5 nitrogen and oxygen atoms in total. The highest BCUT2D eigenvalue weighted by atomic mass is 127. The maximum Gasteiger partial charge on any atom is 0.182 e. The van der Waals surface area contributed by atoms with Crippen molar-refractivity contribution in [3.05, 3.63) is 31.9 Å². The summed E-state index contributed by atoms with van der Waals surface area (Å²) in [6.45, 7) is 0. The molecule has 0 bridgehead atoms. The smallest absolute Gasteiger partial charge is 0.182 e. The number of aromatic amines is 1. The fourth-order valence-electron chi connectivity index (χ4n) is 2.12. The van der Waals surface area contributed by atoms with Crippen LogP contribution < -0.4 is 9.47 Å². The van der Waals surface area contributed by atoms with Gasteiger partial charge in [-0.2, -0.15) is 5.10 Å². The first-order valence-corrected chi connectivity index (χ1v) is 8.01. The molecule has 0 aliphatic rings. The summed E-state index contributed by atoms with van der Waals surface area (Å²) in [5.41, 5.74) is 1.75. The number of methoxy groups -OCH3 is 2. The van der Waals surface area contributed by atoms with Gasteiger partial charge >= 0.3 is 0 Å². The summed E-state index contributed by atoms with van der Waals surface area (Å²) >= 11 is 15.0. The van der Waals surface area contributed by atoms with Crippen LogP contribution in [0.3, 0.4) is 0 Å². The lowest BCUT2D eigenvalue weighted by Gasteiger charge is -2.14. The second-order valence-corrected chi connectivity index (χ2v) is 6.22. The molecule has 114 valence electrons. The maximum atomic E-state index is 6.40. The summed E-state index contributed by atoms with van der Waals surface area (Å²) in [5, 5.41) is 8.74. The number of H-pyrrole nitrogens is 1. The van der Waals surface area contributed by atoms with Crippen molar-refractivity contribution in [1.29, 1.82) is 0 Å². The van der Waals surface area contributed by atoms with Crippen LogP contribution in [0.2, 0.25) is 10.0 Å². The van der Waals surface area contributed by atoms with E-state index in [1.807, 2.05) is 12.1 Å². The largest absolute Gasteiger partial charge is 0.495 e. The van der Waals surface area contributed by atoms with E-state index in [0.717, 1.165) is 9.09 Å². The summed E-state index contributed by atoms with van der Waals surface area (Å²) in [4.78, 5) is 4.51. The van der Waals surface area contributed by atoms with Crippen LogP contribution in [-0.2, 0) is 0 Å². The average Bonchev–Trinajstić information content (AvgIpc) is 2.89. The average molecular weight is 450 g/mol. The van der Waals surface area contributed by atoms with Gasteiger partial charge in [0.25, 0.3) is 0 Å². The van der Waals surface area contributed by atoms with Gasteiger partial charge in [-0.25, -0.2) is 4.98 Å². The molecule has 0 aliphatic carbocycles. The summed E-state index contributed by atoms with van der Waals surface area (Å²) in [7, 11) is 3.07. The highest BCUT2D eigenvalue weighted by Crippen LogP contribution is 2.45. The van der Waals surface area contributed by atoms with Crippen molar-refractivity contribution in [1.82, 2.24) is 15.2 Å². The van der Waals surface area contributed by atoms with Crippen LogP contribution in [0.1, 0.15) is 0 Å². The zero-order chi connectivity index (χ0) is 15.9. The molecule has 0 radical (unpaired) electrons. The maximum absolute atomic E-state index is 6.40. The van der Waals surface area contributed by atoms with E-state index in [1.54, 1.807) is 6.07 Å².